The van der Waals surface area contributed by atoms with E-state index in [9.17, 15) is 9.59 Å². The predicted octanol–water partition coefficient (Wildman–Crippen LogP) is 5.87. The molecule has 1 heterocycles. The molecule has 0 spiro atoms. The second-order valence-corrected chi connectivity index (χ2v) is 9.58. The summed E-state index contributed by atoms with van der Waals surface area (Å²) in [7, 11) is 0. The van der Waals surface area contributed by atoms with Crippen LogP contribution in [0.15, 0.2) is 70.7 Å². The van der Waals surface area contributed by atoms with Crippen LogP contribution in [0.1, 0.15) is 29.2 Å². The summed E-state index contributed by atoms with van der Waals surface area (Å²) in [5, 5.41) is 2.64. The Morgan fingerprint density at radius 2 is 1.69 bits per heavy atom. The van der Waals surface area contributed by atoms with Crippen molar-refractivity contribution in [3.63, 3.8) is 0 Å². The van der Waals surface area contributed by atoms with Gasteiger partial charge in [0.25, 0.3) is 11.8 Å². The van der Waals surface area contributed by atoms with Gasteiger partial charge >= 0.3 is 0 Å². The number of carbonyl (C=O) groups excluding carboxylic acids is 2. The fourth-order valence-corrected chi connectivity index (χ4v) is 4.87. The summed E-state index contributed by atoms with van der Waals surface area (Å²) in [4.78, 5) is 27.3. The summed E-state index contributed by atoms with van der Waals surface area (Å²) in [6, 6.07) is 18.8. The molecule has 36 heavy (non-hydrogen) atoms. The number of benzene rings is 3. The number of amides is 2. The molecular weight excluding hydrogens is 540 g/mol. The average Bonchev–Trinajstić information content (AvgIpc) is 2.81. The summed E-state index contributed by atoms with van der Waals surface area (Å²) in [5.74, 6) is -0.00698. The van der Waals surface area contributed by atoms with Gasteiger partial charge in [-0.05, 0) is 90.4 Å². The highest BCUT2D eigenvalue weighted by Crippen LogP contribution is 2.38. The van der Waals surface area contributed by atoms with Gasteiger partial charge < -0.3 is 9.47 Å². The summed E-state index contributed by atoms with van der Waals surface area (Å²) < 4.78 is 12.6. The zero-order valence-corrected chi connectivity index (χ0v) is 22.5. The lowest BCUT2D eigenvalue weighted by atomic mass is 10.1. The molecule has 6 nitrogen and oxygen atoms in total. The van der Waals surface area contributed by atoms with Gasteiger partial charge in [0.1, 0.15) is 12.2 Å². The van der Waals surface area contributed by atoms with Crippen LogP contribution in [0.25, 0.3) is 6.08 Å². The number of ether oxygens (including phenoxy) is 2. The minimum atomic E-state index is -0.554. The van der Waals surface area contributed by atoms with Gasteiger partial charge in [-0.2, -0.15) is 0 Å². The SMILES string of the molecule is CCOc1cc(/C=C2/C(=O)NC(=S)N(c3ccccc3)C2=O)cc(Br)c1OCc1cc(C)cc(C)c1. The molecule has 0 aliphatic carbocycles. The Balaban J connectivity index is 1.66. The van der Waals surface area contributed by atoms with Gasteiger partial charge in [0.15, 0.2) is 16.6 Å². The van der Waals surface area contributed by atoms with Crippen LogP contribution >= 0.6 is 28.1 Å². The maximum Gasteiger partial charge on any atom is 0.270 e. The number of hydrogen-bond donors (Lipinski definition) is 1. The first kappa shape index (κ1) is 25.6. The largest absolute Gasteiger partial charge is 0.490 e. The Morgan fingerprint density at radius 3 is 2.36 bits per heavy atom. The van der Waals surface area contributed by atoms with Crippen LogP contribution in [0.5, 0.6) is 11.5 Å². The van der Waals surface area contributed by atoms with Gasteiger partial charge in [0, 0.05) is 0 Å². The van der Waals surface area contributed by atoms with E-state index >= 15 is 0 Å². The molecule has 1 aliphatic rings. The van der Waals surface area contributed by atoms with Crippen LogP contribution < -0.4 is 19.7 Å². The van der Waals surface area contributed by atoms with Crippen LogP contribution in [0, 0.1) is 13.8 Å². The smallest absolute Gasteiger partial charge is 0.270 e. The molecular formula is C28H25BrN2O4S. The van der Waals surface area contributed by atoms with E-state index in [1.165, 1.54) is 22.1 Å². The van der Waals surface area contributed by atoms with Crippen molar-refractivity contribution in [3.8, 4) is 11.5 Å². The zero-order valence-electron chi connectivity index (χ0n) is 20.1. The van der Waals surface area contributed by atoms with E-state index in [-0.39, 0.29) is 10.7 Å². The predicted molar refractivity (Wildman–Crippen MR) is 148 cm³/mol. The number of hydrogen-bond acceptors (Lipinski definition) is 5. The van der Waals surface area contributed by atoms with Gasteiger partial charge in [-0.15, -0.1) is 0 Å². The third kappa shape index (κ3) is 5.66. The van der Waals surface area contributed by atoms with Gasteiger partial charge in [-0.1, -0.05) is 47.5 Å². The fraction of sp³-hybridized carbons (Fsp3) is 0.179. The number of carbonyl (C=O) groups is 2. The summed E-state index contributed by atoms with van der Waals surface area (Å²) in [6.45, 7) is 6.76. The number of nitrogens with one attached hydrogen (secondary N) is 1. The maximum absolute atomic E-state index is 13.3. The van der Waals surface area contributed by atoms with Crippen LogP contribution in [0.2, 0.25) is 0 Å². The van der Waals surface area contributed by atoms with Crippen molar-refractivity contribution >= 4 is 56.8 Å². The number of nitrogens with zero attached hydrogens (tertiary/aromatic N) is 1. The standard InChI is InChI=1S/C28H25BrN2O4S/c1-4-34-24-15-19(14-23(29)25(24)35-16-20-11-17(2)10-18(3)12-20)13-22-26(32)30-28(36)31(27(22)33)21-8-6-5-7-9-21/h5-15H,4,16H2,1-3H3,(H,30,32,36)/b22-13-. The van der Waals surface area contributed by atoms with Gasteiger partial charge in [-0.3, -0.25) is 19.8 Å². The van der Waals surface area contributed by atoms with Crippen molar-refractivity contribution in [1.29, 1.82) is 0 Å². The van der Waals surface area contributed by atoms with E-state index in [0.29, 0.717) is 40.4 Å². The van der Waals surface area contributed by atoms with Crippen molar-refractivity contribution < 1.29 is 19.1 Å². The summed E-state index contributed by atoms with van der Waals surface area (Å²) in [6.07, 6.45) is 1.52. The van der Waals surface area contributed by atoms with Crippen molar-refractivity contribution in [3.05, 3.63) is 93.0 Å². The quantitative estimate of drug-likeness (QED) is 0.220. The van der Waals surface area contributed by atoms with Crippen molar-refractivity contribution in [1.82, 2.24) is 5.32 Å². The fourth-order valence-electron chi connectivity index (χ4n) is 4.02. The molecule has 0 unspecified atom stereocenters. The maximum atomic E-state index is 13.3. The first-order chi connectivity index (χ1) is 17.3. The lowest BCUT2D eigenvalue weighted by Crippen LogP contribution is -2.54. The molecule has 0 aromatic heterocycles. The number of halogens is 1. The molecule has 8 heteroatoms. The van der Waals surface area contributed by atoms with Crippen molar-refractivity contribution in [2.24, 2.45) is 0 Å². The highest BCUT2D eigenvalue weighted by atomic mass is 79.9. The molecule has 0 atom stereocenters. The average molecular weight is 565 g/mol. The Labute approximate surface area is 224 Å². The molecule has 1 saturated heterocycles. The van der Waals surface area contributed by atoms with E-state index in [1.807, 2.05) is 13.0 Å². The van der Waals surface area contributed by atoms with Crippen LogP contribution in [0.3, 0.4) is 0 Å². The Kier molecular flexibility index (Phi) is 7.86. The minimum Gasteiger partial charge on any atom is -0.490 e. The molecule has 2 amide bonds. The summed E-state index contributed by atoms with van der Waals surface area (Å²) in [5.41, 5.74) is 4.52. The van der Waals surface area contributed by atoms with Gasteiger partial charge in [0.2, 0.25) is 0 Å². The highest BCUT2D eigenvalue weighted by Gasteiger charge is 2.34. The first-order valence-corrected chi connectivity index (χ1v) is 12.6. The first-order valence-electron chi connectivity index (χ1n) is 11.4. The van der Waals surface area contributed by atoms with E-state index < -0.39 is 11.8 Å². The third-order valence-electron chi connectivity index (χ3n) is 5.42. The third-order valence-corrected chi connectivity index (χ3v) is 6.30. The molecule has 0 saturated carbocycles. The molecule has 1 aliphatic heterocycles. The molecule has 3 aromatic rings. The molecule has 1 N–H and O–H groups in total. The second kappa shape index (κ2) is 11.1. The second-order valence-electron chi connectivity index (χ2n) is 8.34. The van der Waals surface area contributed by atoms with E-state index in [2.05, 4.69) is 53.3 Å². The molecule has 1 fully saturated rings. The van der Waals surface area contributed by atoms with E-state index in [0.717, 1.165) is 5.56 Å². The van der Waals surface area contributed by atoms with Crippen molar-refractivity contribution in [2.45, 2.75) is 27.4 Å². The van der Waals surface area contributed by atoms with Crippen molar-refractivity contribution in [2.75, 3.05) is 11.5 Å². The summed E-state index contributed by atoms with van der Waals surface area (Å²) >= 11 is 8.83. The Hall–Kier alpha value is -3.49. The minimum absolute atomic E-state index is 0.0364. The molecule has 0 radical (unpaired) electrons. The lowest BCUT2D eigenvalue weighted by Gasteiger charge is -2.28. The van der Waals surface area contributed by atoms with E-state index in [4.69, 9.17) is 21.7 Å². The van der Waals surface area contributed by atoms with Gasteiger partial charge in [0.05, 0.1) is 16.8 Å². The normalized spacial score (nSPS) is 14.7. The Morgan fingerprint density at radius 1 is 1.00 bits per heavy atom. The Bertz CT molecular complexity index is 1350. The number of thiocarbonyl (C=S) groups is 1. The van der Waals surface area contributed by atoms with Crippen LogP contribution in [-0.2, 0) is 16.2 Å². The van der Waals surface area contributed by atoms with Crippen LogP contribution in [-0.4, -0.2) is 23.5 Å². The number of aryl methyl sites for hydroxylation is 2. The highest BCUT2D eigenvalue weighted by molar-refractivity contribution is 9.10. The number of rotatable bonds is 7. The molecule has 4 rings (SSSR count). The zero-order chi connectivity index (χ0) is 25.8. The monoisotopic (exact) mass is 564 g/mol. The van der Waals surface area contributed by atoms with Gasteiger partial charge in [-0.25, -0.2) is 0 Å². The molecule has 0 bridgehead atoms. The van der Waals surface area contributed by atoms with Crippen LogP contribution in [0.4, 0.5) is 5.69 Å². The lowest BCUT2D eigenvalue weighted by molar-refractivity contribution is -0.122. The molecule has 184 valence electrons. The topological polar surface area (TPSA) is 67.9 Å². The molecule has 3 aromatic carbocycles. The van der Waals surface area contributed by atoms with E-state index in [1.54, 1.807) is 36.4 Å². The number of anilines is 1. The number of para-hydroxylation sites is 1.